The zero-order valence-electron chi connectivity index (χ0n) is 12.4. The molecule has 1 amide bonds. The van der Waals surface area contributed by atoms with Gasteiger partial charge in [-0.1, -0.05) is 17.7 Å². The Balaban J connectivity index is 2.71. The van der Waals surface area contributed by atoms with Crippen LogP contribution in [0.2, 0.25) is 5.02 Å². The summed E-state index contributed by atoms with van der Waals surface area (Å²) in [6, 6.07) is 4.22. The molecule has 2 unspecified atom stereocenters. The van der Waals surface area contributed by atoms with Crippen molar-refractivity contribution in [3.05, 3.63) is 34.6 Å². The first-order valence-corrected chi connectivity index (χ1v) is 7.28. The van der Waals surface area contributed by atoms with Crippen molar-refractivity contribution in [1.29, 1.82) is 0 Å². The molecule has 0 spiro atoms. The molecule has 1 rings (SSSR count). The van der Waals surface area contributed by atoms with Gasteiger partial charge in [0.15, 0.2) is 0 Å². The van der Waals surface area contributed by atoms with Gasteiger partial charge in [-0.05, 0) is 45.4 Å². The van der Waals surface area contributed by atoms with Gasteiger partial charge < -0.3 is 4.90 Å². The molecule has 0 bridgehead atoms. The van der Waals surface area contributed by atoms with Crippen LogP contribution >= 0.6 is 11.6 Å². The predicted molar refractivity (Wildman–Crippen MR) is 80.4 cm³/mol. The fraction of sp³-hybridized carbons (Fsp3) is 0.533. The first-order chi connectivity index (χ1) is 9.40. The average molecular weight is 301 g/mol. The van der Waals surface area contributed by atoms with E-state index in [0.29, 0.717) is 13.1 Å². The predicted octanol–water partition coefficient (Wildman–Crippen LogP) is 3.39. The summed E-state index contributed by atoms with van der Waals surface area (Å²) in [5.74, 6) is -0.370. The van der Waals surface area contributed by atoms with E-state index in [-0.39, 0.29) is 23.0 Å². The van der Waals surface area contributed by atoms with Gasteiger partial charge in [-0.15, -0.1) is 0 Å². The third kappa shape index (κ3) is 4.18. The van der Waals surface area contributed by atoms with E-state index in [0.717, 1.165) is 5.56 Å². The number of hydrogen-bond acceptors (Lipinski definition) is 2. The number of hydrogen-bond donors (Lipinski definition) is 1. The largest absolute Gasteiger partial charge is 0.342 e. The van der Waals surface area contributed by atoms with E-state index in [4.69, 9.17) is 11.6 Å². The number of benzene rings is 1. The quantitative estimate of drug-likeness (QED) is 0.873. The van der Waals surface area contributed by atoms with E-state index in [1.165, 1.54) is 6.07 Å². The second-order valence-electron chi connectivity index (χ2n) is 4.79. The number of amides is 1. The Morgan fingerprint density at radius 3 is 2.45 bits per heavy atom. The molecule has 112 valence electrons. The molecule has 0 radical (unpaired) electrons. The highest BCUT2D eigenvalue weighted by Gasteiger charge is 2.20. The van der Waals surface area contributed by atoms with Gasteiger partial charge in [-0.25, -0.2) is 4.39 Å². The van der Waals surface area contributed by atoms with E-state index >= 15 is 0 Å². The van der Waals surface area contributed by atoms with Gasteiger partial charge in [-0.2, -0.15) is 0 Å². The molecule has 1 aromatic carbocycles. The maximum Gasteiger partial charge on any atom is 0.239 e. The summed E-state index contributed by atoms with van der Waals surface area (Å²) in [7, 11) is 0. The van der Waals surface area contributed by atoms with Crippen LogP contribution in [0, 0.1) is 5.82 Å². The molecule has 0 aliphatic heterocycles. The van der Waals surface area contributed by atoms with Crippen molar-refractivity contribution in [2.75, 3.05) is 13.1 Å². The van der Waals surface area contributed by atoms with Crippen molar-refractivity contribution in [3.8, 4) is 0 Å². The van der Waals surface area contributed by atoms with E-state index in [1.807, 2.05) is 27.7 Å². The van der Waals surface area contributed by atoms with E-state index in [9.17, 15) is 9.18 Å². The van der Waals surface area contributed by atoms with Gasteiger partial charge in [0.05, 0.1) is 11.1 Å². The number of nitrogens with one attached hydrogen (secondary N) is 1. The molecule has 0 saturated carbocycles. The lowest BCUT2D eigenvalue weighted by molar-refractivity contribution is -0.132. The minimum absolute atomic E-state index is 0.0649. The molecule has 0 aliphatic carbocycles. The summed E-state index contributed by atoms with van der Waals surface area (Å²) in [5.41, 5.74) is 0.857. The summed E-state index contributed by atoms with van der Waals surface area (Å²) in [6.07, 6.45) is 0. The zero-order chi connectivity index (χ0) is 15.3. The molecule has 0 heterocycles. The number of halogens is 2. The number of rotatable bonds is 6. The maximum absolute atomic E-state index is 13.1. The Labute approximate surface area is 125 Å². The highest BCUT2D eigenvalue weighted by atomic mass is 35.5. The van der Waals surface area contributed by atoms with Crippen LogP contribution in [-0.2, 0) is 4.79 Å². The molecule has 3 nitrogen and oxygen atoms in total. The first kappa shape index (κ1) is 16.9. The fourth-order valence-corrected chi connectivity index (χ4v) is 2.32. The molecule has 2 atom stereocenters. The summed E-state index contributed by atoms with van der Waals surface area (Å²) >= 11 is 5.77. The normalized spacial score (nSPS) is 13.9. The van der Waals surface area contributed by atoms with E-state index in [1.54, 1.807) is 17.0 Å². The summed E-state index contributed by atoms with van der Waals surface area (Å²) in [5, 5.41) is 3.32. The molecule has 0 aromatic heterocycles. The minimum atomic E-state index is -0.435. The van der Waals surface area contributed by atoms with Gasteiger partial charge >= 0.3 is 0 Å². The van der Waals surface area contributed by atoms with Crippen molar-refractivity contribution in [2.24, 2.45) is 0 Å². The summed E-state index contributed by atoms with van der Waals surface area (Å²) in [6.45, 7) is 9.06. The molecular weight excluding hydrogens is 279 g/mol. The number of likely N-dealkylation sites (N-methyl/N-ethyl adjacent to an activating group) is 1. The molecule has 1 aromatic rings. The second-order valence-corrected chi connectivity index (χ2v) is 5.20. The highest BCUT2D eigenvalue weighted by molar-refractivity contribution is 6.30. The first-order valence-electron chi connectivity index (χ1n) is 6.90. The fourth-order valence-electron chi connectivity index (χ4n) is 2.13. The Morgan fingerprint density at radius 2 is 1.95 bits per heavy atom. The lowest BCUT2D eigenvalue weighted by Gasteiger charge is -2.26. The standard InChI is InChI=1S/C15H22ClFN2O/c1-5-19(6-2)15(20)11(4)18-10(3)12-7-8-14(17)13(16)9-12/h7-11,18H,5-6H2,1-4H3. The minimum Gasteiger partial charge on any atom is -0.342 e. The van der Waals surface area contributed by atoms with E-state index in [2.05, 4.69) is 5.32 Å². The van der Waals surface area contributed by atoms with Crippen LogP contribution in [-0.4, -0.2) is 29.9 Å². The van der Waals surface area contributed by atoms with Gasteiger partial charge in [-0.3, -0.25) is 10.1 Å². The van der Waals surface area contributed by atoms with Crippen LogP contribution in [0.5, 0.6) is 0 Å². The smallest absolute Gasteiger partial charge is 0.239 e. The van der Waals surface area contributed by atoms with Crippen molar-refractivity contribution in [2.45, 2.75) is 39.8 Å². The third-order valence-corrected chi connectivity index (χ3v) is 3.68. The van der Waals surface area contributed by atoms with Crippen LogP contribution in [0.1, 0.15) is 39.3 Å². The Kier molecular flexibility index (Phi) is 6.43. The molecule has 5 heteroatoms. The average Bonchev–Trinajstić information content (AvgIpc) is 2.42. The highest BCUT2D eigenvalue weighted by Crippen LogP contribution is 2.21. The van der Waals surface area contributed by atoms with Crippen molar-refractivity contribution in [1.82, 2.24) is 10.2 Å². The molecular formula is C15H22ClFN2O. The van der Waals surface area contributed by atoms with Crippen LogP contribution in [0.4, 0.5) is 4.39 Å². The Morgan fingerprint density at radius 1 is 1.35 bits per heavy atom. The number of nitrogens with zero attached hydrogens (tertiary/aromatic N) is 1. The zero-order valence-corrected chi connectivity index (χ0v) is 13.2. The van der Waals surface area contributed by atoms with Crippen LogP contribution < -0.4 is 5.32 Å². The monoisotopic (exact) mass is 300 g/mol. The van der Waals surface area contributed by atoms with Gasteiger partial charge in [0, 0.05) is 19.1 Å². The lowest BCUT2D eigenvalue weighted by atomic mass is 10.1. The molecule has 0 aliphatic rings. The summed E-state index contributed by atoms with van der Waals surface area (Å²) in [4.78, 5) is 14.0. The van der Waals surface area contributed by atoms with Crippen LogP contribution in [0.15, 0.2) is 18.2 Å². The molecule has 20 heavy (non-hydrogen) atoms. The topological polar surface area (TPSA) is 32.3 Å². The summed E-state index contributed by atoms with van der Waals surface area (Å²) < 4.78 is 13.1. The van der Waals surface area contributed by atoms with Gasteiger partial charge in [0.25, 0.3) is 0 Å². The maximum atomic E-state index is 13.1. The second kappa shape index (κ2) is 7.60. The molecule has 1 N–H and O–H groups in total. The molecule has 0 fully saturated rings. The van der Waals surface area contributed by atoms with Crippen molar-refractivity contribution >= 4 is 17.5 Å². The van der Waals surface area contributed by atoms with E-state index < -0.39 is 5.82 Å². The van der Waals surface area contributed by atoms with Crippen LogP contribution in [0.25, 0.3) is 0 Å². The van der Waals surface area contributed by atoms with Crippen molar-refractivity contribution < 1.29 is 9.18 Å². The number of carbonyl (C=O) groups excluding carboxylic acids is 1. The number of carbonyl (C=O) groups is 1. The van der Waals surface area contributed by atoms with Crippen LogP contribution in [0.3, 0.4) is 0 Å². The SMILES string of the molecule is CCN(CC)C(=O)C(C)NC(C)c1ccc(F)c(Cl)c1. The van der Waals surface area contributed by atoms with Gasteiger partial charge in [0.2, 0.25) is 5.91 Å². The Bertz CT molecular complexity index is 463. The Hall–Kier alpha value is -1.13. The third-order valence-electron chi connectivity index (χ3n) is 3.39. The lowest BCUT2D eigenvalue weighted by Crippen LogP contribution is -2.45. The molecule has 0 saturated heterocycles. The van der Waals surface area contributed by atoms with Crippen molar-refractivity contribution in [3.63, 3.8) is 0 Å². The van der Waals surface area contributed by atoms with Gasteiger partial charge in [0.1, 0.15) is 5.82 Å².